The first-order valence-corrected chi connectivity index (χ1v) is 8.53. The summed E-state index contributed by atoms with van der Waals surface area (Å²) in [5.41, 5.74) is 0.753. The van der Waals surface area contributed by atoms with Gasteiger partial charge in [0.1, 0.15) is 5.75 Å². The van der Waals surface area contributed by atoms with E-state index in [1.54, 1.807) is 38.4 Å². The smallest absolute Gasteiger partial charge is 0.239 e. The van der Waals surface area contributed by atoms with Gasteiger partial charge in [-0.15, -0.1) is 0 Å². The minimum Gasteiger partial charge on any atom is -0.497 e. The van der Waals surface area contributed by atoms with E-state index in [9.17, 15) is 18.0 Å². The molecule has 1 fully saturated rings. The number of hydrogen-bond acceptors (Lipinski definition) is 5. The Labute approximate surface area is 129 Å². The Morgan fingerprint density at radius 2 is 1.91 bits per heavy atom. The molecule has 2 rings (SSSR count). The van der Waals surface area contributed by atoms with Crippen LogP contribution >= 0.6 is 0 Å². The highest BCUT2D eigenvalue weighted by atomic mass is 32.2. The van der Waals surface area contributed by atoms with Crippen LogP contribution in [-0.4, -0.2) is 45.5 Å². The summed E-state index contributed by atoms with van der Waals surface area (Å²) in [6, 6.07) is 6.49. The maximum absolute atomic E-state index is 12.2. The van der Waals surface area contributed by atoms with E-state index >= 15 is 0 Å². The van der Waals surface area contributed by atoms with Crippen molar-refractivity contribution in [3.8, 4) is 5.75 Å². The summed E-state index contributed by atoms with van der Waals surface area (Å²) in [6.07, 6.45) is 0.891. The van der Waals surface area contributed by atoms with Crippen LogP contribution in [0.2, 0.25) is 0 Å². The minimum absolute atomic E-state index is 0.0193. The fourth-order valence-corrected chi connectivity index (χ4v) is 3.14. The van der Waals surface area contributed by atoms with Crippen LogP contribution in [0.4, 0.5) is 0 Å². The molecule has 1 saturated heterocycles. The average molecular weight is 326 g/mol. The molecule has 22 heavy (non-hydrogen) atoms. The summed E-state index contributed by atoms with van der Waals surface area (Å²) >= 11 is 0. The molecule has 0 radical (unpaired) electrons. The predicted molar refractivity (Wildman–Crippen MR) is 79.6 cm³/mol. The molecule has 1 N–H and O–H groups in total. The first-order valence-electron chi connectivity index (χ1n) is 6.64. The van der Waals surface area contributed by atoms with Gasteiger partial charge in [-0.3, -0.25) is 14.3 Å². The third-order valence-corrected chi connectivity index (χ3v) is 4.24. The first-order chi connectivity index (χ1) is 10.2. The fraction of sp³-hybridized carbons (Fsp3) is 0.429. The summed E-state index contributed by atoms with van der Waals surface area (Å²) in [4.78, 5) is 25.6. The summed E-state index contributed by atoms with van der Waals surface area (Å²) < 4.78 is 29.5. The van der Waals surface area contributed by atoms with Crippen molar-refractivity contribution in [2.24, 2.45) is 5.92 Å². The fourth-order valence-electron chi connectivity index (χ4n) is 2.62. The molecule has 0 spiro atoms. The number of sulfonamides is 1. The predicted octanol–water partition coefficient (Wildman–Crippen LogP) is 0.290. The zero-order valence-corrected chi connectivity index (χ0v) is 13.4. The molecular weight excluding hydrogens is 308 g/mol. The standard InChI is InChI=1S/C14H18N2O5S/c1-16-12(17)8-11(14(18)15-22(3,19)20)13(16)9-4-6-10(21-2)7-5-9/h4-7,11,13H,8H2,1-3H3,(H,15,18). The third kappa shape index (κ3) is 3.38. The molecule has 7 nitrogen and oxygen atoms in total. The van der Waals surface area contributed by atoms with Gasteiger partial charge in [-0.05, 0) is 17.7 Å². The van der Waals surface area contributed by atoms with E-state index in [0.717, 1.165) is 11.8 Å². The number of likely N-dealkylation sites (tertiary alicyclic amines) is 1. The van der Waals surface area contributed by atoms with Gasteiger partial charge in [-0.1, -0.05) is 12.1 Å². The summed E-state index contributed by atoms with van der Waals surface area (Å²) in [5.74, 6) is -0.955. The molecule has 1 aromatic carbocycles. The average Bonchev–Trinajstić information content (AvgIpc) is 2.73. The SMILES string of the molecule is COc1ccc(C2C(C(=O)NS(C)(=O)=O)CC(=O)N2C)cc1. The number of carbonyl (C=O) groups excluding carboxylic acids is 2. The normalized spacial score (nSPS) is 21.8. The van der Waals surface area contributed by atoms with Gasteiger partial charge in [0.2, 0.25) is 21.8 Å². The van der Waals surface area contributed by atoms with E-state index < -0.39 is 27.9 Å². The Morgan fingerprint density at radius 1 is 1.32 bits per heavy atom. The summed E-state index contributed by atoms with van der Waals surface area (Å²) in [5, 5.41) is 0. The van der Waals surface area contributed by atoms with Gasteiger partial charge in [0.15, 0.2) is 0 Å². The van der Waals surface area contributed by atoms with Gasteiger partial charge in [-0.25, -0.2) is 8.42 Å². The number of benzene rings is 1. The first kappa shape index (κ1) is 16.3. The monoisotopic (exact) mass is 326 g/mol. The van der Waals surface area contributed by atoms with E-state index in [4.69, 9.17) is 4.74 Å². The van der Waals surface area contributed by atoms with Crippen LogP contribution in [0.1, 0.15) is 18.0 Å². The highest BCUT2D eigenvalue weighted by Gasteiger charge is 2.43. The Morgan fingerprint density at radius 3 is 2.41 bits per heavy atom. The van der Waals surface area contributed by atoms with Crippen LogP contribution in [0.5, 0.6) is 5.75 Å². The summed E-state index contributed by atoms with van der Waals surface area (Å²) in [7, 11) is -0.515. The van der Waals surface area contributed by atoms with Gasteiger partial charge >= 0.3 is 0 Å². The molecule has 2 unspecified atom stereocenters. The molecule has 1 aliphatic rings. The van der Waals surface area contributed by atoms with E-state index in [2.05, 4.69) is 0 Å². The lowest BCUT2D eigenvalue weighted by molar-refractivity contribution is -0.128. The number of carbonyl (C=O) groups is 2. The Hall–Kier alpha value is -2.09. The number of ether oxygens (including phenoxy) is 1. The molecule has 0 bridgehead atoms. The van der Waals surface area contributed by atoms with Gasteiger partial charge in [0.05, 0.1) is 25.3 Å². The molecule has 0 aliphatic carbocycles. The molecule has 1 aromatic rings. The van der Waals surface area contributed by atoms with E-state index in [1.165, 1.54) is 4.90 Å². The quantitative estimate of drug-likeness (QED) is 0.858. The topological polar surface area (TPSA) is 92.8 Å². The molecule has 1 aliphatic heterocycles. The van der Waals surface area contributed by atoms with Crippen LogP contribution in [0, 0.1) is 5.92 Å². The zero-order valence-electron chi connectivity index (χ0n) is 12.6. The largest absolute Gasteiger partial charge is 0.497 e. The second-order valence-electron chi connectivity index (χ2n) is 5.27. The van der Waals surface area contributed by atoms with Crippen LogP contribution in [0.15, 0.2) is 24.3 Å². The lowest BCUT2D eigenvalue weighted by Gasteiger charge is -2.24. The van der Waals surface area contributed by atoms with Gasteiger partial charge in [-0.2, -0.15) is 0 Å². The van der Waals surface area contributed by atoms with Crippen molar-refractivity contribution in [3.05, 3.63) is 29.8 Å². The van der Waals surface area contributed by atoms with Crippen molar-refractivity contribution in [2.75, 3.05) is 20.4 Å². The Kier molecular flexibility index (Phi) is 4.41. The van der Waals surface area contributed by atoms with Crippen LogP contribution in [-0.2, 0) is 19.6 Å². The molecule has 0 saturated carbocycles. The van der Waals surface area contributed by atoms with E-state index in [0.29, 0.717) is 5.75 Å². The molecule has 1 heterocycles. The second-order valence-corrected chi connectivity index (χ2v) is 7.02. The minimum atomic E-state index is -3.66. The lowest BCUT2D eigenvalue weighted by Crippen LogP contribution is -2.37. The number of nitrogens with zero attached hydrogens (tertiary/aromatic N) is 1. The summed E-state index contributed by atoms with van der Waals surface area (Å²) in [6.45, 7) is 0. The van der Waals surface area contributed by atoms with Crippen molar-refractivity contribution in [2.45, 2.75) is 12.5 Å². The van der Waals surface area contributed by atoms with Gasteiger partial charge in [0, 0.05) is 13.5 Å². The number of hydrogen-bond donors (Lipinski definition) is 1. The zero-order chi connectivity index (χ0) is 16.5. The molecule has 8 heteroatoms. The van der Waals surface area contributed by atoms with Crippen LogP contribution in [0.25, 0.3) is 0 Å². The highest BCUT2D eigenvalue weighted by molar-refractivity contribution is 7.89. The molecule has 2 amide bonds. The lowest BCUT2D eigenvalue weighted by atomic mass is 9.93. The third-order valence-electron chi connectivity index (χ3n) is 3.67. The van der Waals surface area contributed by atoms with Gasteiger partial charge < -0.3 is 9.64 Å². The van der Waals surface area contributed by atoms with E-state index in [1.807, 2.05) is 4.72 Å². The number of methoxy groups -OCH3 is 1. The molecule has 0 aromatic heterocycles. The maximum Gasteiger partial charge on any atom is 0.239 e. The van der Waals surface area contributed by atoms with E-state index in [-0.39, 0.29) is 12.3 Å². The second kappa shape index (κ2) is 5.96. The van der Waals surface area contributed by atoms with Crippen molar-refractivity contribution >= 4 is 21.8 Å². The molecular formula is C14H18N2O5S. The van der Waals surface area contributed by atoms with Crippen molar-refractivity contribution in [1.82, 2.24) is 9.62 Å². The van der Waals surface area contributed by atoms with Crippen LogP contribution < -0.4 is 9.46 Å². The number of rotatable bonds is 4. The van der Waals surface area contributed by atoms with Gasteiger partial charge in [0.25, 0.3) is 0 Å². The Bertz CT molecular complexity index is 684. The van der Waals surface area contributed by atoms with Crippen molar-refractivity contribution in [1.29, 1.82) is 0 Å². The Balaban J connectivity index is 2.31. The van der Waals surface area contributed by atoms with Crippen LogP contribution in [0.3, 0.4) is 0 Å². The molecule has 2 atom stereocenters. The van der Waals surface area contributed by atoms with Crippen molar-refractivity contribution in [3.63, 3.8) is 0 Å². The molecule has 120 valence electrons. The highest BCUT2D eigenvalue weighted by Crippen LogP contribution is 2.37. The number of amides is 2. The number of nitrogens with one attached hydrogen (secondary N) is 1. The maximum atomic E-state index is 12.2. The van der Waals surface area contributed by atoms with Crippen molar-refractivity contribution < 1.29 is 22.7 Å².